The number of Topliss-reactive ketones (excluding diaryl/α,β-unsaturated/α-hetero) is 1. The highest BCUT2D eigenvalue weighted by molar-refractivity contribution is 5.96. The molecule has 6 nitrogen and oxygen atoms in total. The maximum absolute atomic E-state index is 12.3. The van der Waals surface area contributed by atoms with Gasteiger partial charge in [-0.2, -0.15) is 0 Å². The summed E-state index contributed by atoms with van der Waals surface area (Å²) in [4.78, 5) is 27.5. The Bertz CT molecular complexity index is 1240. The van der Waals surface area contributed by atoms with Crippen molar-refractivity contribution in [1.82, 2.24) is 4.98 Å². The van der Waals surface area contributed by atoms with E-state index in [1.54, 1.807) is 12.1 Å². The van der Waals surface area contributed by atoms with Gasteiger partial charge < -0.3 is 14.8 Å². The number of hydrogen-bond donors (Lipinski definition) is 2. The summed E-state index contributed by atoms with van der Waals surface area (Å²) in [7, 11) is 0. The number of rotatable bonds is 10. The van der Waals surface area contributed by atoms with Crippen LogP contribution in [-0.2, 0) is 4.79 Å². The first kappa shape index (κ1) is 23.2. The molecule has 0 saturated carbocycles. The molecule has 34 heavy (non-hydrogen) atoms. The van der Waals surface area contributed by atoms with Gasteiger partial charge in [0.2, 0.25) is 5.89 Å². The van der Waals surface area contributed by atoms with Crippen LogP contribution in [0.4, 0.5) is 5.69 Å². The average Bonchev–Trinajstić information content (AvgIpc) is 3.27. The van der Waals surface area contributed by atoms with Crippen LogP contribution in [-0.4, -0.2) is 21.8 Å². The first-order chi connectivity index (χ1) is 16.4. The molecular formula is C28H28N2O4. The van der Waals surface area contributed by atoms with E-state index in [4.69, 9.17) is 9.52 Å². The number of benzene rings is 3. The molecule has 2 N–H and O–H groups in total. The van der Waals surface area contributed by atoms with E-state index in [0.717, 1.165) is 27.9 Å². The average molecular weight is 457 g/mol. The van der Waals surface area contributed by atoms with Crippen LogP contribution in [0.5, 0.6) is 0 Å². The zero-order chi connectivity index (χ0) is 24.1. The van der Waals surface area contributed by atoms with Crippen LogP contribution in [0.15, 0.2) is 77.2 Å². The van der Waals surface area contributed by atoms with Gasteiger partial charge in [0.25, 0.3) is 0 Å². The Kier molecular flexibility index (Phi) is 7.07. The Morgan fingerprint density at radius 3 is 2.29 bits per heavy atom. The van der Waals surface area contributed by atoms with Crippen LogP contribution in [0.3, 0.4) is 0 Å². The summed E-state index contributed by atoms with van der Waals surface area (Å²) in [6, 6.07) is 23.4. The fraction of sp³-hybridized carbons (Fsp3) is 0.250. The highest BCUT2D eigenvalue weighted by Gasteiger charge is 2.17. The topological polar surface area (TPSA) is 92.4 Å². The van der Waals surface area contributed by atoms with Crippen molar-refractivity contribution in [3.8, 4) is 11.5 Å². The number of ketones is 1. The van der Waals surface area contributed by atoms with E-state index in [9.17, 15) is 9.59 Å². The minimum Gasteiger partial charge on any atom is -0.481 e. The number of carboxylic acids is 1. The zero-order valence-corrected chi connectivity index (χ0v) is 19.3. The molecule has 3 aromatic carbocycles. The third-order valence-corrected chi connectivity index (χ3v) is 5.80. The predicted octanol–water partition coefficient (Wildman–Crippen LogP) is 6.74. The van der Waals surface area contributed by atoms with Gasteiger partial charge in [-0.3, -0.25) is 9.59 Å². The number of anilines is 1. The third-order valence-electron chi connectivity index (χ3n) is 5.80. The molecule has 0 bridgehead atoms. The third kappa shape index (κ3) is 5.52. The molecule has 0 radical (unpaired) electrons. The van der Waals surface area contributed by atoms with Crippen molar-refractivity contribution < 1.29 is 19.1 Å². The summed E-state index contributed by atoms with van der Waals surface area (Å²) in [5, 5.41) is 12.3. The van der Waals surface area contributed by atoms with Crippen molar-refractivity contribution in [3.05, 3.63) is 83.9 Å². The van der Waals surface area contributed by atoms with Crippen LogP contribution in [0.1, 0.15) is 55.1 Å². The molecule has 0 amide bonds. The van der Waals surface area contributed by atoms with Crippen molar-refractivity contribution in [3.63, 3.8) is 0 Å². The summed E-state index contributed by atoms with van der Waals surface area (Å²) >= 11 is 0. The molecule has 4 aromatic rings. The van der Waals surface area contributed by atoms with Gasteiger partial charge in [0.05, 0.1) is 6.04 Å². The predicted molar refractivity (Wildman–Crippen MR) is 133 cm³/mol. The number of para-hydroxylation sites is 2. The van der Waals surface area contributed by atoms with Gasteiger partial charge in [-0.25, -0.2) is 4.98 Å². The molecule has 0 unspecified atom stereocenters. The number of carboxylic acid groups (broad SMARTS) is 1. The summed E-state index contributed by atoms with van der Waals surface area (Å²) in [6.45, 7) is 4.32. The molecule has 0 aliphatic rings. The van der Waals surface area contributed by atoms with Crippen molar-refractivity contribution in [2.45, 2.75) is 39.2 Å². The smallest absolute Gasteiger partial charge is 0.303 e. The number of nitrogens with one attached hydrogen (secondary N) is 1. The monoisotopic (exact) mass is 456 g/mol. The maximum atomic E-state index is 12.3. The largest absolute Gasteiger partial charge is 0.481 e. The van der Waals surface area contributed by atoms with E-state index in [0.29, 0.717) is 23.8 Å². The molecule has 4 rings (SSSR count). The number of carbonyl (C=O) groups is 2. The molecule has 1 atom stereocenters. The number of aromatic nitrogens is 1. The van der Waals surface area contributed by atoms with Gasteiger partial charge in [-0.05, 0) is 66.4 Å². The van der Waals surface area contributed by atoms with Crippen molar-refractivity contribution in [2.24, 2.45) is 5.92 Å². The fourth-order valence-electron chi connectivity index (χ4n) is 3.94. The summed E-state index contributed by atoms with van der Waals surface area (Å²) in [6.07, 6.45) is 0.593. The molecule has 1 aromatic heterocycles. The Morgan fingerprint density at radius 1 is 0.941 bits per heavy atom. The van der Waals surface area contributed by atoms with E-state index in [1.165, 1.54) is 0 Å². The first-order valence-corrected chi connectivity index (χ1v) is 11.5. The Balaban J connectivity index is 1.45. The maximum Gasteiger partial charge on any atom is 0.303 e. The molecule has 0 saturated heterocycles. The number of fused-ring (bicyclic) bond motifs is 1. The van der Waals surface area contributed by atoms with Gasteiger partial charge in [0, 0.05) is 29.7 Å². The second-order valence-corrected chi connectivity index (χ2v) is 8.72. The molecule has 6 heteroatoms. The molecule has 174 valence electrons. The highest BCUT2D eigenvalue weighted by Crippen LogP contribution is 2.30. The van der Waals surface area contributed by atoms with Gasteiger partial charge >= 0.3 is 5.97 Å². The molecule has 0 fully saturated rings. The Hall–Kier alpha value is -3.93. The lowest BCUT2D eigenvalue weighted by Crippen LogP contribution is -2.16. The van der Waals surface area contributed by atoms with Gasteiger partial charge in [-0.1, -0.05) is 38.1 Å². The van der Waals surface area contributed by atoms with Gasteiger partial charge in [0.15, 0.2) is 11.4 Å². The molecular weight excluding hydrogens is 428 g/mol. The van der Waals surface area contributed by atoms with Gasteiger partial charge in [0.1, 0.15) is 5.52 Å². The molecule has 0 spiro atoms. The number of oxazole rings is 1. The van der Waals surface area contributed by atoms with Gasteiger partial charge in [-0.15, -0.1) is 0 Å². The highest BCUT2D eigenvalue weighted by atomic mass is 16.4. The number of hydrogen-bond acceptors (Lipinski definition) is 5. The van der Waals surface area contributed by atoms with E-state index in [2.05, 4.69) is 36.3 Å². The number of carbonyl (C=O) groups excluding carboxylic acids is 1. The zero-order valence-electron chi connectivity index (χ0n) is 19.3. The van der Waals surface area contributed by atoms with E-state index >= 15 is 0 Å². The lowest BCUT2D eigenvalue weighted by atomic mass is 9.94. The van der Waals surface area contributed by atoms with Crippen LogP contribution in [0.25, 0.3) is 22.6 Å². The lowest BCUT2D eigenvalue weighted by molar-refractivity contribution is -0.137. The van der Waals surface area contributed by atoms with Crippen LogP contribution >= 0.6 is 0 Å². The molecule has 1 heterocycles. The minimum absolute atomic E-state index is 0.00659. The quantitative estimate of drug-likeness (QED) is 0.257. The standard InChI is InChI=1S/C28H28N2O4/c1-18(2)27(29-22-16-14-19(15-17-22)24(31)7-5-9-26(32)33)20-10-12-21(13-11-20)28-30-23-6-3-4-8-25(23)34-28/h3-4,6,8,10-18,27,29H,5,7,9H2,1-2H3,(H,32,33)/t27-/m0/s1. The van der Waals surface area contributed by atoms with E-state index in [-0.39, 0.29) is 24.7 Å². The number of aliphatic carboxylic acids is 1. The van der Waals surface area contributed by atoms with Crippen molar-refractivity contribution in [2.75, 3.05) is 5.32 Å². The SMILES string of the molecule is CC(C)[C@H](Nc1ccc(C(=O)CCCC(=O)O)cc1)c1ccc(-c2nc3ccccc3o2)cc1. The van der Waals surface area contributed by atoms with E-state index < -0.39 is 5.97 Å². The summed E-state index contributed by atoms with van der Waals surface area (Å²) < 4.78 is 5.88. The molecule has 0 aliphatic carbocycles. The molecule has 0 aliphatic heterocycles. The second kappa shape index (κ2) is 10.3. The van der Waals surface area contributed by atoms with Crippen molar-refractivity contribution in [1.29, 1.82) is 0 Å². The van der Waals surface area contributed by atoms with Crippen LogP contribution in [0.2, 0.25) is 0 Å². The summed E-state index contributed by atoms with van der Waals surface area (Å²) in [5.41, 5.74) is 5.19. The van der Waals surface area contributed by atoms with E-state index in [1.807, 2.05) is 48.5 Å². The first-order valence-electron chi connectivity index (χ1n) is 11.5. The normalized spacial score (nSPS) is 12.1. The second-order valence-electron chi connectivity index (χ2n) is 8.72. The lowest BCUT2D eigenvalue weighted by Gasteiger charge is -2.24. The minimum atomic E-state index is -0.881. The van der Waals surface area contributed by atoms with Crippen molar-refractivity contribution >= 4 is 28.5 Å². The Labute approximate surface area is 198 Å². The fourth-order valence-corrected chi connectivity index (χ4v) is 3.94. The van der Waals surface area contributed by atoms with Crippen LogP contribution < -0.4 is 5.32 Å². The number of nitrogens with zero attached hydrogens (tertiary/aromatic N) is 1. The Morgan fingerprint density at radius 2 is 1.65 bits per heavy atom. The summed E-state index contributed by atoms with van der Waals surface area (Å²) in [5.74, 6) is 0.00914. The van der Waals surface area contributed by atoms with Crippen LogP contribution in [0, 0.1) is 5.92 Å².